The van der Waals surface area contributed by atoms with Crippen molar-refractivity contribution in [2.75, 3.05) is 26.9 Å². The van der Waals surface area contributed by atoms with E-state index in [2.05, 4.69) is 5.32 Å². The van der Waals surface area contributed by atoms with Gasteiger partial charge in [0.05, 0.1) is 6.61 Å². The number of hydrogen-bond donors (Lipinski definition) is 1. The molecule has 0 amide bonds. The van der Waals surface area contributed by atoms with Crippen LogP contribution in [0.2, 0.25) is 0 Å². The molecular weight excluding hydrogens is 221 g/mol. The molecule has 0 bridgehead atoms. The zero-order valence-electron chi connectivity index (χ0n) is 10.6. The molecule has 1 unspecified atom stereocenters. The van der Waals surface area contributed by atoms with E-state index in [-0.39, 0.29) is 11.9 Å². The number of ether oxygens (including phenoxy) is 2. The summed E-state index contributed by atoms with van der Waals surface area (Å²) < 4.78 is 24.2. The highest BCUT2D eigenvalue weighted by Gasteiger charge is 2.09. The molecule has 4 heteroatoms. The van der Waals surface area contributed by atoms with Crippen LogP contribution < -0.4 is 10.1 Å². The first kappa shape index (κ1) is 13.9. The second-order valence-electron chi connectivity index (χ2n) is 3.74. The summed E-state index contributed by atoms with van der Waals surface area (Å²) in [6.45, 7) is 5.46. The lowest BCUT2D eigenvalue weighted by atomic mass is 10.1. The van der Waals surface area contributed by atoms with Crippen LogP contribution in [-0.2, 0) is 4.74 Å². The van der Waals surface area contributed by atoms with E-state index in [1.807, 2.05) is 13.8 Å². The van der Waals surface area contributed by atoms with E-state index in [4.69, 9.17) is 9.47 Å². The summed E-state index contributed by atoms with van der Waals surface area (Å²) in [6.07, 6.45) is 0. The van der Waals surface area contributed by atoms with Gasteiger partial charge >= 0.3 is 0 Å². The molecule has 0 saturated carbocycles. The molecule has 0 aliphatic heterocycles. The van der Waals surface area contributed by atoms with E-state index >= 15 is 0 Å². The number of nitrogens with one attached hydrogen (secondary N) is 1. The Kier molecular flexibility index (Phi) is 5.94. The maximum atomic E-state index is 13.7. The van der Waals surface area contributed by atoms with Crippen LogP contribution in [0.5, 0.6) is 5.75 Å². The van der Waals surface area contributed by atoms with Gasteiger partial charge in [-0.25, -0.2) is 4.39 Å². The molecule has 0 fully saturated rings. The van der Waals surface area contributed by atoms with Crippen LogP contribution in [0.3, 0.4) is 0 Å². The first-order valence-electron chi connectivity index (χ1n) is 5.86. The fourth-order valence-electron chi connectivity index (χ4n) is 1.47. The quantitative estimate of drug-likeness (QED) is 0.744. The Morgan fingerprint density at radius 3 is 2.71 bits per heavy atom. The monoisotopic (exact) mass is 241 g/mol. The summed E-state index contributed by atoms with van der Waals surface area (Å²) in [5.74, 6) is 0.287. The summed E-state index contributed by atoms with van der Waals surface area (Å²) in [5, 5.41) is 3.00. The molecule has 0 aromatic heterocycles. The topological polar surface area (TPSA) is 30.5 Å². The normalized spacial score (nSPS) is 12.5. The molecule has 0 radical (unpaired) electrons. The minimum Gasteiger partial charge on any atom is -0.491 e. The van der Waals surface area contributed by atoms with Crippen molar-refractivity contribution in [3.05, 3.63) is 29.6 Å². The van der Waals surface area contributed by atoms with Gasteiger partial charge < -0.3 is 14.8 Å². The molecule has 0 aliphatic carbocycles. The molecule has 3 nitrogen and oxygen atoms in total. The van der Waals surface area contributed by atoms with Crippen molar-refractivity contribution in [2.24, 2.45) is 0 Å². The molecule has 1 aromatic rings. The first-order valence-corrected chi connectivity index (χ1v) is 5.86. The highest BCUT2D eigenvalue weighted by atomic mass is 19.1. The molecule has 0 spiro atoms. The van der Waals surface area contributed by atoms with E-state index < -0.39 is 0 Å². The van der Waals surface area contributed by atoms with Gasteiger partial charge in [-0.2, -0.15) is 0 Å². The van der Waals surface area contributed by atoms with Crippen LogP contribution in [0.15, 0.2) is 18.2 Å². The zero-order valence-corrected chi connectivity index (χ0v) is 10.6. The van der Waals surface area contributed by atoms with Crippen LogP contribution in [0.1, 0.15) is 25.5 Å². The predicted octanol–water partition coefficient (Wildman–Crippen LogP) is 2.52. The minimum absolute atomic E-state index is 0.00697. The molecule has 17 heavy (non-hydrogen) atoms. The maximum absolute atomic E-state index is 13.7. The fourth-order valence-corrected chi connectivity index (χ4v) is 1.47. The highest BCUT2D eigenvalue weighted by Crippen LogP contribution is 2.21. The SMILES string of the molecule is CCOCCOc1ccc(C(C)NC)c(F)c1. The van der Waals surface area contributed by atoms with E-state index in [9.17, 15) is 4.39 Å². The third-order valence-corrected chi connectivity index (χ3v) is 2.57. The molecule has 0 aliphatic rings. The third-order valence-electron chi connectivity index (χ3n) is 2.57. The first-order chi connectivity index (χ1) is 8.19. The van der Waals surface area contributed by atoms with Gasteiger partial charge in [0.2, 0.25) is 0 Å². The van der Waals surface area contributed by atoms with Crippen molar-refractivity contribution < 1.29 is 13.9 Å². The number of rotatable bonds is 7. The van der Waals surface area contributed by atoms with E-state index in [0.717, 1.165) is 0 Å². The predicted molar refractivity (Wildman–Crippen MR) is 65.9 cm³/mol. The highest BCUT2D eigenvalue weighted by molar-refractivity contribution is 5.30. The van der Waals surface area contributed by atoms with Gasteiger partial charge in [-0.3, -0.25) is 0 Å². The molecule has 1 aromatic carbocycles. The summed E-state index contributed by atoms with van der Waals surface area (Å²) >= 11 is 0. The number of hydrogen-bond acceptors (Lipinski definition) is 3. The van der Waals surface area contributed by atoms with E-state index in [1.165, 1.54) is 6.07 Å². The molecule has 1 rings (SSSR count). The largest absolute Gasteiger partial charge is 0.491 e. The van der Waals surface area contributed by atoms with Crippen LogP contribution in [-0.4, -0.2) is 26.9 Å². The summed E-state index contributed by atoms with van der Waals surface area (Å²) in [4.78, 5) is 0. The van der Waals surface area contributed by atoms with Gasteiger partial charge in [-0.1, -0.05) is 6.07 Å². The Labute approximate surface area is 102 Å². The zero-order chi connectivity index (χ0) is 12.7. The Balaban J connectivity index is 2.56. The molecule has 1 N–H and O–H groups in total. The van der Waals surface area contributed by atoms with Crippen molar-refractivity contribution in [2.45, 2.75) is 19.9 Å². The second-order valence-corrected chi connectivity index (χ2v) is 3.74. The van der Waals surface area contributed by atoms with Gasteiger partial charge in [-0.05, 0) is 27.0 Å². The van der Waals surface area contributed by atoms with Crippen LogP contribution in [0.25, 0.3) is 0 Å². The smallest absolute Gasteiger partial charge is 0.131 e. The Bertz CT molecular complexity index is 344. The van der Waals surface area contributed by atoms with Crippen LogP contribution in [0.4, 0.5) is 4.39 Å². The lowest BCUT2D eigenvalue weighted by Gasteiger charge is -2.13. The van der Waals surface area contributed by atoms with Gasteiger partial charge in [0, 0.05) is 24.3 Å². The van der Waals surface area contributed by atoms with Crippen molar-refractivity contribution in [3.8, 4) is 5.75 Å². The average Bonchev–Trinajstić information content (AvgIpc) is 2.34. The Morgan fingerprint density at radius 2 is 2.12 bits per heavy atom. The van der Waals surface area contributed by atoms with Gasteiger partial charge in [0.15, 0.2) is 0 Å². The summed E-state index contributed by atoms with van der Waals surface area (Å²) in [7, 11) is 1.80. The standard InChI is InChI=1S/C13H20FNO2/c1-4-16-7-8-17-11-5-6-12(10(2)15-3)13(14)9-11/h5-6,9-10,15H,4,7-8H2,1-3H3. The van der Waals surface area contributed by atoms with Gasteiger partial charge in [0.1, 0.15) is 18.2 Å². The van der Waals surface area contributed by atoms with E-state index in [0.29, 0.717) is 31.1 Å². The fraction of sp³-hybridized carbons (Fsp3) is 0.538. The van der Waals surface area contributed by atoms with Crippen LogP contribution >= 0.6 is 0 Å². The maximum Gasteiger partial charge on any atom is 0.131 e. The van der Waals surface area contributed by atoms with Gasteiger partial charge in [0.25, 0.3) is 0 Å². The lowest BCUT2D eigenvalue weighted by molar-refractivity contribution is 0.110. The summed E-state index contributed by atoms with van der Waals surface area (Å²) in [5.41, 5.74) is 0.643. The van der Waals surface area contributed by atoms with Crippen molar-refractivity contribution in [3.63, 3.8) is 0 Å². The Morgan fingerprint density at radius 1 is 1.35 bits per heavy atom. The minimum atomic E-state index is -0.249. The van der Waals surface area contributed by atoms with Crippen molar-refractivity contribution in [1.82, 2.24) is 5.32 Å². The Hall–Kier alpha value is -1.13. The average molecular weight is 241 g/mol. The van der Waals surface area contributed by atoms with Crippen molar-refractivity contribution >= 4 is 0 Å². The third kappa shape index (κ3) is 4.32. The molecular formula is C13H20FNO2. The summed E-state index contributed by atoms with van der Waals surface area (Å²) in [6, 6.07) is 4.92. The second kappa shape index (κ2) is 7.25. The number of benzene rings is 1. The van der Waals surface area contributed by atoms with Gasteiger partial charge in [-0.15, -0.1) is 0 Å². The molecule has 0 heterocycles. The lowest BCUT2D eigenvalue weighted by Crippen LogP contribution is -2.14. The van der Waals surface area contributed by atoms with Crippen LogP contribution in [0, 0.1) is 5.82 Å². The molecule has 96 valence electrons. The molecule has 1 atom stereocenters. The number of halogens is 1. The van der Waals surface area contributed by atoms with E-state index in [1.54, 1.807) is 19.2 Å². The van der Waals surface area contributed by atoms with Crippen molar-refractivity contribution in [1.29, 1.82) is 0 Å². The molecule has 0 saturated heterocycles.